The van der Waals surface area contributed by atoms with E-state index in [9.17, 15) is 4.79 Å². The fourth-order valence-corrected chi connectivity index (χ4v) is 2.33. The standard InChI is InChI=1S/C15H25N3O/c1-6-12(7-2)11(4)18-15(19)13-8-10(3)17-14(9-13)16-5/h8-9,11-12H,6-7H2,1-5H3,(H,16,17)(H,18,19). The summed E-state index contributed by atoms with van der Waals surface area (Å²) in [5, 5.41) is 6.05. The zero-order valence-corrected chi connectivity index (χ0v) is 12.6. The molecule has 2 N–H and O–H groups in total. The Hall–Kier alpha value is -1.58. The Labute approximate surface area is 116 Å². The highest BCUT2D eigenvalue weighted by Gasteiger charge is 2.17. The highest BCUT2D eigenvalue weighted by atomic mass is 16.1. The number of aromatic nitrogens is 1. The lowest BCUT2D eigenvalue weighted by Crippen LogP contribution is -2.37. The summed E-state index contributed by atoms with van der Waals surface area (Å²) in [4.78, 5) is 16.5. The minimum absolute atomic E-state index is 0.0265. The third-order valence-corrected chi connectivity index (χ3v) is 3.59. The minimum atomic E-state index is -0.0265. The highest BCUT2D eigenvalue weighted by molar-refractivity contribution is 5.95. The topological polar surface area (TPSA) is 54.0 Å². The van der Waals surface area contributed by atoms with Gasteiger partial charge in [0.25, 0.3) is 5.91 Å². The Kier molecular flexibility index (Phi) is 5.80. The van der Waals surface area contributed by atoms with Crippen molar-refractivity contribution in [2.45, 2.75) is 46.6 Å². The minimum Gasteiger partial charge on any atom is -0.373 e. The van der Waals surface area contributed by atoms with Crippen molar-refractivity contribution in [3.8, 4) is 0 Å². The number of aryl methyl sites for hydroxylation is 1. The van der Waals surface area contributed by atoms with Crippen LogP contribution in [0.3, 0.4) is 0 Å². The molecule has 19 heavy (non-hydrogen) atoms. The summed E-state index contributed by atoms with van der Waals surface area (Å²) in [7, 11) is 1.80. The van der Waals surface area contributed by atoms with Gasteiger partial charge in [-0.15, -0.1) is 0 Å². The van der Waals surface area contributed by atoms with Crippen LogP contribution in [-0.4, -0.2) is 24.0 Å². The first kappa shape index (κ1) is 15.5. The van der Waals surface area contributed by atoms with E-state index in [1.165, 1.54) is 0 Å². The van der Waals surface area contributed by atoms with Crippen LogP contribution in [0.2, 0.25) is 0 Å². The average molecular weight is 263 g/mol. The zero-order chi connectivity index (χ0) is 14.4. The summed E-state index contributed by atoms with van der Waals surface area (Å²) < 4.78 is 0. The van der Waals surface area contributed by atoms with Crippen molar-refractivity contribution in [1.82, 2.24) is 10.3 Å². The SMILES string of the molecule is CCC(CC)C(C)NC(=O)c1cc(C)nc(NC)c1. The molecule has 0 fully saturated rings. The molecule has 0 aromatic carbocycles. The van der Waals surface area contributed by atoms with E-state index in [0.29, 0.717) is 11.5 Å². The van der Waals surface area contributed by atoms with Crippen molar-refractivity contribution in [3.05, 3.63) is 23.4 Å². The van der Waals surface area contributed by atoms with Crippen molar-refractivity contribution >= 4 is 11.7 Å². The monoisotopic (exact) mass is 263 g/mol. The van der Waals surface area contributed by atoms with Gasteiger partial charge in [-0.3, -0.25) is 4.79 Å². The van der Waals surface area contributed by atoms with E-state index in [1.54, 1.807) is 13.1 Å². The fourth-order valence-electron chi connectivity index (χ4n) is 2.33. The van der Waals surface area contributed by atoms with Crippen LogP contribution >= 0.6 is 0 Å². The van der Waals surface area contributed by atoms with Crippen molar-refractivity contribution < 1.29 is 4.79 Å². The molecule has 0 spiro atoms. The van der Waals surface area contributed by atoms with Crippen LogP contribution in [-0.2, 0) is 0 Å². The predicted octanol–water partition coefficient (Wildman–Crippen LogP) is 2.99. The molecular weight excluding hydrogens is 238 g/mol. The first-order chi connectivity index (χ1) is 9.01. The molecule has 1 atom stereocenters. The molecule has 106 valence electrons. The normalized spacial score (nSPS) is 12.3. The van der Waals surface area contributed by atoms with Crippen LogP contribution in [0, 0.1) is 12.8 Å². The largest absolute Gasteiger partial charge is 0.373 e. The number of hydrogen-bond acceptors (Lipinski definition) is 3. The maximum atomic E-state index is 12.2. The average Bonchev–Trinajstić information content (AvgIpc) is 2.39. The number of amides is 1. The molecule has 4 heteroatoms. The second-order valence-electron chi connectivity index (χ2n) is 4.97. The molecule has 1 rings (SSSR count). The lowest BCUT2D eigenvalue weighted by Gasteiger charge is -2.22. The maximum absolute atomic E-state index is 12.2. The van der Waals surface area contributed by atoms with Gasteiger partial charge >= 0.3 is 0 Å². The van der Waals surface area contributed by atoms with Gasteiger partial charge in [0, 0.05) is 24.3 Å². The summed E-state index contributed by atoms with van der Waals surface area (Å²) in [5.41, 5.74) is 1.50. The summed E-state index contributed by atoms with van der Waals surface area (Å²) in [6.07, 6.45) is 2.16. The molecule has 1 aromatic rings. The molecule has 1 amide bonds. The highest BCUT2D eigenvalue weighted by Crippen LogP contribution is 2.14. The van der Waals surface area contributed by atoms with Gasteiger partial charge < -0.3 is 10.6 Å². The van der Waals surface area contributed by atoms with E-state index >= 15 is 0 Å². The second-order valence-corrected chi connectivity index (χ2v) is 4.97. The molecule has 0 radical (unpaired) electrons. The molecule has 1 unspecified atom stereocenters. The Bertz CT molecular complexity index is 427. The lowest BCUT2D eigenvalue weighted by molar-refractivity contribution is 0.0925. The number of nitrogens with zero attached hydrogens (tertiary/aromatic N) is 1. The third kappa shape index (κ3) is 4.23. The van der Waals surface area contributed by atoms with Gasteiger partial charge in [0.05, 0.1) is 0 Å². The smallest absolute Gasteiger partial charge is 0.251 e. The van der Waals surface area contributed by atoms with Crippen molar-refractivity contribution in [3.63, 3.8) is 0 Å². The molecule has 0 saturated heterocycles. The Morgan fingerprint density at radius 3 is 2.47 bits per heavy atom. The number of anilines is 1. The zero-order valence-electron chi connectivity index (χ0n) is 12.6. The van der Waals surface area contributed by atoms with E-state index in [1.807, 2.05) is 13.0 Å². The molecule has 1 heterocycles. The molecular formula is C15H25N3O. The van der Waals surface area contributed by atoms with Gasteiger partial charge in [-0.05, 0) is 31.9 Å². The van der Waals surface area contributed by atoms with Crippen LogP contribution in [0.1, 0.15) is 49.7 Å². The first-order valence-corrected chi connectivity index (χ1v) is 6.99. The quantitative estimate of drug-likeness (QED) is 0.829. The van der Waals surface area contributed by atoms with Crippen LogP contribution in [0.15, 0.2) is 12.1 Å². The number of pyridine rings is 1. The number of nitrogens with one attached hydrogen (secondary N) is 2. The molecule has 0 aliphatic heterocycles. The third-order valence-electron chi connectivity index (χ3n) is 3.59. The number of hydrogen-bond donors (Lipinski definition) is 2. The van der Waals surface area contributed by atoms with E-state index in [0.717, 1.165) is 24.4 Å². The van der Waals surface area contributed by atoms with Crippen LogP contribution in [0.4, 0.5) is 5.82 Å². The lowest BCUT2D eigenvalue weighted by atomic mass is 9.95. The molecule has 0 bridgehead atoms. The van der Waals surface area contributed by atoms with E-state index in [4.69, 9.17) is 0 Å². The summed E-state index contributed by atoms with van der Waals surface area (Å²) in [5.74, 6) is 1.22. The van der Waals surface area contributed by atoms with Crippen LogP contribution in [0.25, 0.3) is 0 Å². The predicted molar refractivity (Wildman–Crippen MR) is 79.5 cm³/mol. The van der Waals surface area contributed by atoms with Crippen LogP contribution in [0.5, 0.6) is 0 Å². The van der Waals surface area contributed by atoms with Gasteiger partial charge in [-0.25, -0.2) is 4.98 Å². The van der Waals surface area contributed by atoms with E-state index < -0.39 is 0 Å². The molecule has 1 aromatic heterocycles. The Morgan fingerprint density at radius 1 is 1.32 bits per heavy atom. The molecule has 0 aliphatic rings. The van der Waals surface area contributed by atoms with Crippen molar-refractivity contribution in [2.75, 3.05) is 12.4 Å². The summed E-state index contributed by atoms with van der Waals surface area (Å²) in [6, 6.07) is 3.78. The second kappa shape index (κ2) is 7.12. The van der Waals surface area contributed by atoms with Crippen LogP contribution < -0.4 is 10.6 Å². The molecule has 4 nitrogen and oxygen atoms in total. The van der Waals surface area contributed by atoms with Gasteiger partial charge in [0.15, 0.2) is 0 Å². The van der Waals surface area contributed by atoms with E-state index in [-0.39, 0.29) is 11.9 Å². The molecule has 0 saturated carbocycles. The Balaban J connectivity index is 2.80. The van der Waals surface area contributed by atoms with Gasteiger partial charge in [-0.2, -0.15) is 0 Å². The van der Waals surface area contributed by atoms with E-state index in [2.05, 4.69) is 36.4 Å². The van der Waals surface area contributed by atoms with Gasteiger partial charge in [-0.1, -0.05) is 26.7 Å². The summed E-state index contributed by atoms with van der Waals surface area (Å²) in [6.45, 7) is 8.28. The number of carbonyl (C=O) groups excluding carboxylic acids is 1. The number of carbonyl (C=O) groups is 1. The van der Waals surface area contributed by atoms with Gasteiger partial charge in [0.1, 0.15) is 5.82 Å². The maximum Gasteiger partial charge on any atom is 0.251 e. The Morgan fingerprint density at radius 2 is 1.95 bits per heavy atom. The van der Waals surface area contributed by atoms with Crippen molar-refractivity contribution in [1.29, 1.82) is 0 Å². The fraction of sp³-hybridized carbons (Fsp3) is 0.600. The molecule has 0 aliphatic carbocycles. The first-order valence-electron chi connectivity index (χ1n) is 6.99. The summed E-state index contributed by atoms with van der Waals surface area (Å²) >= 11 is 0. The van der Waals surface area contributed by atoms with Gasteiger partial charge in [0.2, 0.25) is 0 Å². The van der Waals surface area contributed by atoms with Crippen molar-refractivity contribution in [2.24, 2.45) is 5.92 Å². The number of rotatable bonds is 6.